The molecule has 0 unspecified atom stereocenters. The number of halogens is 1. The molecule has 0 bridgehead atoms. The molecular weight excluding hydrogens is 304 g/mol. The van der Waals surface area contributed by atoms with Crippen LogP contribution in [0.5, 0.6) is 5.75 Å². The van der Waals surface area contributed by atoms with Crippen molar-refractivity contribution in [2.24, 2.45) is 7.05 Å². The Labute approximate surface area is 134 Å². The molecule has 0 radical (unpaired) electrons. The SMILES string of the molecule is COc1ccc(Cl)cc1CN(C)CC(=O)Nc1ccn(C)n1. The summed E-state index contributed by atoms with van der Waals surface area (Å²) in [5.74, 6) is 1.17. The van der Waals surface area contributed by atoms with Crippen molar-refractivity contribution in [2.75, 3.05) is 26.0 Å². The van der Waals surface area contributed by atoms with Crippen molar-refractivity contribution in [2.45, 2.75) is 6.54 Å². The molecule has 6 nitrogen and oxygen atoms in total. The number of benzene rings is 1. The summed E-state index contributed by atoms with van der Waals surface area (Å²) in [6, 6.07) is 7.18. The molecular formula is C15H19ClN4O2. The number of nitrogens with zero attached hydrogens (tertiary/aromatic N) is 3. The summed E-state index contributed by atoms with van der Waals surface area (Å²) in [6.07, 6.45) is 1.77. The smallest absolute Gasteiger partial charge is 0.239 e. The fraction of sp³-hybridized carbons (Fsp3) is 0.333. The van der Waals surface area contributed by atoms with Crippen LogP contribution in [-0.4, -0.2) is 41.3 Å². The molecule has 7 heteroatoms. The number of carbonyl (C=O) groups excluding carboxylic acids is 1. The van der Waals surface area contributed by atoms with Crippen molar-refractivity contribution in [1.29, 1.82) is 0 Å². The van der Waals surface area contributed by atoms with Crippen molar-refractivity contribution in [3.05, 3.63) is 41.0 Å². The molecule has 0 atom stereocenters. The summed E-state index contributed by atoms with van der Waals surface area (Å²) in [5.41, 5.74) is 0.933. The number of rotatable bonds is 6. The minimum absolute atomic E-state index is 0.123. The van der Waals surface area contributed by atoms with Gasteiger partial charge in [-0.3, -0.25) is 14.4 Å². The van der Waals surface area contributed by atoms with Crippen LogP contribution in [0.4, 0.5) is 5.82 Å². The van der Waals surface area contributed by atoms with Gasteiger partial charge in [-0.2, -0.15) is 5.10 Å². The number of nitrogens with one attached hydrogen (secondary N) is 1. The third kappa shape index (κ3) is 4.47. The van der Waals surface area contributed by atoms with Crippen molar-refractivity contribution in [1.82, 2.24) is 14.7 Å². The molecule has 1 aromatic carbocycles. The summed E-state index contributed by atoms with van der Waals surface area (Å²) in [4.78, 5) is 13.9. The Morgan fingerprint density at radius 3 is 2.86 bits per heavy atom. The maximum atomic E-state index is 12.0. The average Bonchev–Trinajstić information content (AvgIpc) is 2.83. The Balaban J connectivity index is 1.93. The number of ether oxygens (including phenoxy) is 1. The van der Waals surface area contributed by atoms with Crippen LogP contribution in [0.25, 0.3) is 0 Å². The molecule has 0 aliphatic heterocycles. The molecule has 1 amide bonds. The normalized spacial score (nSPS) is 10.8. The second-order valence-corrected chi connectivity index (χ2v) is 5.49. The number of hydrogen-bond donors (Lipinski definition) is 1. The Bertz CT molecular complexity index is 657. The van der Waals surface area contributed by atoms with Gasteiger partial charge >= 0.3 is 0 Å². The Hall–Kier alpha value is -2.05. The molecule has 0 spiro atoms. The van der Waals surface area contributed by atoms with Crippen LogP contribution in [-0.2, 0) is 18.4 Å². The van der Waals surface area contributed by atoms with Gasteiger partial charge in [0.25, 0.3) is 0 Å². The van der Waals surface area contributed by atoms with E-state index in [1.807, 2.05) is 24.1 Å². The van der Waals surface area contributed by atoms with Crippen molar-refractivity contribution >= 4 is 23.3 Å². The molecule has 1 heterocycles. The number of aryl methyl sites for hydroxylation is 1. The lowest BCUT2D eigenvalue weighted by molar-refractivity contribution is -0.117. The summed E-state index contributed by atoms with van der Waals surface area (Å²) in [7, 11) is 5.27. The first-order chi connectivity index (χ1) is 10.5. The van der Waals surface area contributed by atoms with Gasteiger partial charge in [-0.15, -0.1) is 0 Å². The molecule has 22 heavy (non-hydrogen) atoms. The van der Waals surface area contributed by atoms with Crippen LogP contribution in [0.2, 0.25) is 5.02 Å². The molecule has 0 aliphatic carbocycles. The van der Waals surface area contributed by atoms with Crippen molar-refractivity contribution in [3.8, 4) is 5.75 Å². The van der Waals surface area contributed by atoms with E-state index >= 15 is 0 Å². The minimum atomic E-state index is -0.123. The average molecular weight is 323 g/mol. The predicted molar refractivity (Wildman–Crippen MR) is 86.2 cm³/mol. The van der Waals surface area contributed by atoms with E-state index in [0.29, 0.717) is 17.4 Å². The fourth-order valence-electron chi connectivity index (χ4n) is 2.13. The quantitative estimate of drug-likeness (QED) is 0.885. The summed E-state index contributed by atoms with van der Waals surface area (Å²) in [6.45, 7) is 0.797. The van der Waals surface area contributed by atoms with Crippen molar-refractivity contribution in [3.63, 3.8) is 0 Å². The van der Waals surface area contributed by atoms with Crippen LogP contribution in [0.15, 0.2) is 30.5 Å². The number of amides is 1. The maximum Gasteiger partial charge on any atom is 0.239 e. The summed E-state index contributed by atoms with van der Waals surface area (Å²) in [5, 5.41) is 7.50. The molecule has 2 rings (SSSR count). The van der Waals surface area contributed by atoms with E-state index in [1.54, 1.807) is 37.2 Å². The second-order valence-electron chi connectivity index (χ2n) is 5.05. The molecule has 1 N–H and O–H groups in total. The highest BCUT2D eigenvalue weighted by Crippen LogP contribution is 2.23. The zero-order chi connectivity index (χ0) is 16.1. The maximum absolute atomic E-state index is 12.0. The van der Waals surface area contributed by atoms with Gasteiger partial charge in [0.1, 0.15) is 5.75 Å². The first kappa shape index (κ1) is 16.3. The number of methoxy groups -OCH3 is 1. The number of carbonyl (C=O) groups is 1. The van der Waals surface area contributed by atoms with Crippen LogP contribution in [0.3, 0.4) is 0 Å². The lowest BCUT2D eigenvalue weighted by Gasteiger charge is -2.18. The number of anilines is 1. The zero-order valence-corrected chi connectivity index (χ0v) is 13.6. The highest BCUT2D eigenvalue weighted by molar-refractivity contribution is 6.30. The second kappa shape index (κ2) is 7.29. The molecule has 118 valence electrons. The number of likely N-dealkylation sites (N-methyl/N-ethyl adjacent to an activating group) is 1. The third-order valence-corrected chi connectivity index (χ3v) is 3.31. The topological polar surface area (TPSA) is 59.4 Å². The molecule has 0 fully saturated rings. The van der Waals surface area contributed by atoms with E-state index in [2.05, 4.69) is 10.4 Å². The lowest BCUT2D eigenvalue weighted by atomic mass is 10.2. The van der Waals surface area contributed by atoms with Gasteiger partial charge in [-0.25, -0.2) is 0 Å². The standard InChI is InChI=1S/C15H19ClN4O2/c1-19(9-11-8-12(16)4-5-13(11)22-3)10-15(21)17-14-6-7-20(2)18-14/h4-8H,9-10H2,1-3H3,(H,17,18,21). The van der Waals surface area contributed by atoms with E-state index in [9.17, 15) is 4.79 Å². The van der Waals surface area contributed by atoms with E-state index < -0.39 is 0 Å². The van der Waals surface area contributed by atoms with Crippen LogP contribution in [0, 0.1) is 0 Å². The van der Waals surface area contributed by atoms with E-state index in [0.717, 1.165) is 11.3 Å². The van der Waals surface area contributed by atoms with E-state index in [-0.39, 0.29) is 12.5 Å². The first-order valence-electron chi connectivity index (χ1n) is 6.78. The van der Waals surface area contributed by atoms with Crippen molar-refractivity contribution < 1.29 is 9.53 Å². The monoisotopic (exact) mass is 322 g/mol. The molecule has 0 saturated carbocycles. The first-order valence-corrected chi connectivity index (χ1v) is 7.16. The van der Waals surface area contributed by atoms with Crippen LogP contribution in [0.1, 0.15) is 5.56 Å². The van der Waals surface area contributed by atoms with Gasteiger partial charge in [0.15, 0.2) is 5.82 Å². The van der Waals surface area contributed by atoms with Gasteiger partial charge in [0.05, 0.1) is 13.7 Å². The highest BCUT2D eigenvalue weighted by atomic mass is 35.5. The molecule has 1 aromatic heterocycles. The Morgan fingerprint density at radius 1 is 1.45 bits per heavy atom. The van der Waals surface area contributed by atoms with Gasteiger partial charge < -0.3 is 10.1 Å². The number of aromatic nitrogens is 2. The van der Waals surface area contributed by atoms with Gasteiger partial charge in [0, 0.05) is 36.4 Å². The minimum Gasteiger partial charge on any atom is -0.496 e. The van der Waals surface area contributed by atoms with Gasteiger partial charge in [0.2, 0.25) is 5.91 Å². The molecule has 2 aromatic rings. The highest BCUT2D eigenvalue weighted by Gasteiger charge is 2.11. The fourth-order valence-corrected chi connectivity index (χ4v) is 2.32. The predicted octanol–water partition coefficient (Wildman–Crippen LogP) is 2.15. The van der Waals surface area contributed by atoms with E-state index in [4.69, 9.17) is 16.3 Å². The van der Waals surface area contributed by atoms with Crippen LogP contribution < -0.4 is 10.1 Å². The lowest BCUT2D eigenvalue weighted by Crippen LogP contribution is -2.30. The zero-order valence-electron chi connectivity index (χ0n) is 12.8. The largest absolute Gasteiger partial charge is 0.496 e. The van der Waals surface area contributed by atoms with Crippen LogP contribution >= 0.6 is 11.6 Å². The number of hydrogen-bond acceptors (Lipinski definition) is 4. The third-order valence-electron chi connectivity index (χ3n) is 3.08. The van der Waals surface area contributed by atoms with Gasteiger partial charge in [-0.1, -0.05) is 11.6 Å². The van der Waals surface area contributed by atoms with E-state index in [1.165, 1.54) is 0 Å². The Kier molecular flexibility index (Phi) is 5.41. The summed E-state index contributed by atoms with van der Waals surface area (Å²) < 4.78 is 6.94. The summed E-state index contributed by atoms with van der Waals surface area (Å²) >= 11 is 6.01. The molecule has 0 saturated heterocycles. The Morgan fingerprint density at radius 2 is 2.23 bits per heavy atom. The molecule has 0 aliphatic rings. The van der Waals surface area contributed by atoms with Gasteiger partial charge in [-0.05, 0) is 25.2 Å².